The summed E-state index contributed by atoms with van der Waals surface area (Å²) < 4.78 is 19.0. The number of nitrogens with one attached hydrogen (secondary N) is 2. The van der Waals surface area contributed by atoms with Crippen molar-refractivity contribution >= 4 is 17.5 Å². The summed E-state index contributed by atoms with van der Waals surface area (Å²) in [6.45, 7) is 7.79. The lowest BCUT2D eigenvalue weighted by atomic mass is 10.1. The predicted molar refractivity (Wildman–Crippen MR) is 92.6 cm³/mol. The molecule has 0 radical (unpaired) electrons. The third-order valence-electron chi connectivity index (χ3n) is 3.23. The lowest BCUT2D eigenvalue weighted by Gasteiger charge is -2.20. The number of anilines is 2. The van der Waals surface area contributed by atoms with Crippen molar-refractivity contribution in [3.8, 4) is 0 Å². The van der Waals surface area contributed by atoms with Crippen LogP contribution >= 0.6 is 0 Å². The smallest absolute Gasteiger partial charge is 0.412 e. The second-order valence-electron chi connectivity index (χ2n) is 6.48. The molecule has 0 aliphatic carbocycles. The largest absolute Gasteiger partial charge is 0.444 e. The molecule has 0 bridgehead atoms. The molecule has 128 valence electrons. The molecule has 0 aliphatic rings. The first-order valence-electron chi connectivity index (χ1n) is 7.67. The number of nitrogens with zero attached hydrogens (tertiary/aromatic N) is 1. The molecule has 1 aromatic heterocycles. The van der Waals surface area contributed by atoms with E-state index in [1.807, 2.05) is 13.0 Å². The van der Waals surface area contributed by atoms with Crippen molar-refractivity contribution in [2.24, 2.45) is 0 Å². The Morgan fingerprint density at radius 3 is 2.71 bits per heavy atom. The number of carbonyl (C=O) groups is 1. The molecule has 2 rings (SSSR count). The molecule has 0 spiro atoms. The van der Waals surface area contributed by atoms with Crippen LogP contribution in [0.3, 0.4) is 0 Å². The molecule has 0 saturated heterocycles. The van der Waals surface area contributed by atoms with Crippen LogP contribution in [0.15, 0.2) is 36.7 Å². The van der Waals surface area contributed by atoms with Crippen LogP contribution in [0.25, 0.3) is 0 Å². The first kappa shape index (κ1) is 17.7. The van der Waals surface area contributed by atoms with E-state index in [9.17, 15) is 9.18 Å². The Balaban J connectivity index is 2.05. The van der Waals surface area contributed by atoms with E-state index in [2.05, 4.69) is 15.6 Å². The van der Waals surface area contributed by atoms with Gasteiger partial charge in [0, 0.05) is 24.6 Å². The van der Waals surface area contributed by atoms with Crippen molar-refractivity contribution in [3.63, 3.8) is 0 Å². The van der Waals surface area contributed by atoms with Crippen LogP contribution in [0.1, 0.15) is 31.9 Å². The van der Waals surface area contributed by atoms with Crippen LogP contribution in [0, 0.1) is 12.7 Å². The van der Waals surface area contributed by atoms with Gasteiger partial charge in [0.25, 0.3) is 0 Å². The highest BCUT2D eigenvalue weighted by Gasteiger charge is 2.17. The summed E-state index contributed by atoms with van der Waals surface area (Å²) in [6, 6.07) is 6.37. The van der Waals surface area contributed by atoms with Gasteiger partial charge in [-0.3, -0.25) is 10.3 Å². The SMILES string of the molecule is Cc1ccncc1CNc1ccc(F)c(NC(=O)OC(C)(C)C)c1. The molecule has 1 heterocycles. The van der Waals surface area contributed by atoms with Gasteiger partial charge >= 0.3 is 6.09 Å². The second-order valence-corrected chi connectivity index (χ2v) is 6.48. The molecule has 2 N–H and O–H groups in total. The second kappa shape index (κ2) is 7.29. The zero-order valence-corrected chi connectivity index (χ0v) is 14.3. The zero-order chi connectivity index (χ0) is 17.7. The number of aryl methyl sites for hydroxylation is 1. The minimum atomic E-state index is -0.693. The van der Waals surface area contributed by atoms with E-state index in [-0.39, 0.29) is 5.69 Å². The topological polar surface area (TPSA) is 63.2 Å². The fraction of sp³-hybridized carbons (Fsp3) is 0.333. The highest BCUT2D eigenvalue weighted by molar-refractivity contribution is 5.85. The standard InChI is InChI=1S/C18H22FN3O2/c1-12-7-8-20-10-13(12)11-21-14-5-6-15(19)16(9-14)22-17(23)24-18(2,3)4/h5-10,21H,11H2,1-4H3,(H,22,23). The number of hydrogen-bond donors (Lipinski definition) is 2. The normalized spacial score (nSPS) is 11.0. The molecule has 1 amide bonds. The summed E-state index contributed by atoms with van der Waals surface area (Å²) in [7, 11) is 0. The van der Waals surface area contributed by atoms with Gasteiger partial charge < -0.3 is 10.1 Å². The number of carbonyl (C=O) groups excluding carboxylic acids is 1. The molecule has 1 aromatic carbocycles. The van der Waals surface area contributed by atoms with E-state index in [0.717, 1.165) is 11.1 Å². The fourth-order valence-electron chi connectivity index (χ4n) is 2.02. The summed E-state index contributed by atoms with van der Waals surface area (Å²) >= 11 is 0. The molecule has 0 saturated carbocycles. The Labute approximate surface area is 141 Å². The Hall–Kier alpha value is -2.63. The average Bonchev–Trinajstić information content (AvgIpc) is 2.47. The van der Waals surface area contributed by atoms with Crippen molar-refractivity contribution in [1.29, 1.82) is 0 Å². The maximum atomic E-state index is 13.9. The fourth-order valence-corrected chi connectivity index (χ4v) is 2.02. The third-order valence-corrected chi connectivity index (χ3v) is 3.23. The molecule has 0 aliphatic heterocycles. The van der Waals surface area contributed by atoms with Crippen LogP contribution in [-0.4, -0.2) is 16.7 Å². The maximum absolute atomic E-state index is 13.9. The number of aromatic nitrogens is 1. The molecule has 0 atom stereocenters. The van der Waals surface area contributed by atoms with Gasteiger partial charge in [-0.25, -0.2) is 9.18 Å². The minimum Gasteiger partial charge on any atom is -0.444 e. The van der Waals surface area contributed by atoms with Gasteiger partial charge in [-0.05, 0) is 63.1 Å². The van der Waals surface area contributed by atoms with E-state index in [0.29, 0.717) is 12.2 Å². The first-order valence-corrected chi connectivity index (χ1v) is 7.67. The van der Waals surface area contributed by atoms with E-state index in [4.69, 9.17) is 4.74 Å². The van der Waals surface area contributed by atoms with Crippen molar-refractivity contribution in [2.45, 2.75) is 39.8 Å². The van der Waals surface area contributed by atoms with Crippen LogP contribution < -0.4 is 10.6 Å². The summed E-state index contributed by atoms with van der Waals surface area (Å²) in [4.78, 5) is 15.9. The minimum absolute atomic E-state index is 0.0668. The van der Waals surface area contributed by atoms with Crippen molar-refractivity contribution in [3.05, 3.63) is 53.6 Å². The number of hydrogen-bond acceptors (Lipinski definition) is 4. The number of rotatable bonds is 4. The summed E-state index contributed by atoms with van der Waals surface area (Å²) in [5.74, 6) is -0.524. The quantitative estimate of drug-likeness (QED) is 0.866. The molecule has 5 nitrogen and oxygen atoms in total. The maximum Gasteiger partial charge on any atom is 0.412 e. The van der Waals surface area contributed by atoms with Gasteiger partial charge in [0.2, 0.25) is 0 Å². The van der Waals surface area contributed by atoms with Gasteiger partial charge in [0.05, 0.1) is 5.69 Å². The van der Waals surface area contributed by atoms with Crippen molar-refractivity contribution in [1.82, 2.24) is 4.98 Å². The summed E-state index contributed by atoms with van der Waals surface area (Å²) in [6.07, 6.45) is 2.83. The zero-order valence-electron chi connectivity index (χ0n) is 14.3. The van der Waals surface area contributed by atoms with Crippen LogP contribution in [0.5, 0.6) is 0 Å². The number of amides is 1. The van der Waals surface area contributed by atoms with E-state index >= 15 is 0 Å². The number of pyridine rings is 1. The first-order chi connectivity index (χ1) is 11.2. The van der Waals surface area contributed by atoms with Crippen LogP contribution in [0.2, 0.25) is 0 Å². The van der Waals surface area contributed by atoms with Gasteiger partial charge in [0.15, 0.2) is 0 Å². The molecular weight excluding hydrogens is 309 g/mol. The van der Waals surface area contributed by atoms with E-state index in [1.54, 1.807) is 39.2 Å². The Morgan fingerprint density at radius 1 is 1.29 bits per heavy atom. The van der Waals surface area contributed by atoms with Crippen molar-refractivity contribution in [2.75, 3.05) is 10.6 Å². The summed E-state index contributed by atoms with van der Waals surface area (Å²) in [5, 5.41) is 5.62. The average molecular weight is 331 g/mol. The van der Waals surface area contributed by atoms with E-state index in [1.165, 1.54) is 12.1 Å². The lowest BCUT2D eigenvalue weighted by molar-refractivity contribution is 0.0635. The Morgan fingerprint density at radius 2 is 2.04 bits per heavy atom. The highest BCUT2D eigenvalue weighted by Crippen LogP contribution is 2.21. The van der Waals surface area contributed by atoms with Crippen LogP contribution in [0.4, 0.5) is 20.6 Å². The summed E-state index contributed by atoms with van der Waals surface area (Å²) in [5.41, 5.74) is 2.27. The Kier molecular flexibility index (Phi) is 5.39. The number of benzene rings is 1. The molecule has 0 fully saturated rings. The number of halogens is 1. The van der Waals surface area contributed by atoms with Crippen LogP contribution in [-0.2, 0) is 11.3 Å². The molecule has 0 unspecified atom stereocenters. The van der Waals surface area contributed by atoms with Crippen molar-refractivity contribution < 1.29 is 13.9 Å². The predicted octanol–water partition coefficient (Wildman–Crippen LogP) is 4.49. The lowest BCUT2D eigenvalue weighted by Crippen LogP contribution is -2.27. The highest BCUT2D eigenvalue weighted by atomic mass is 19.1. The van der Waals surface area contributed by atoms with Gasteiger partial charge in [-0.15, -0.1) is 0 Å². The van der Waals surface area contributed by atoms with E-state index < -0.39 is 17.5 Å². The molecule has 6 heteroatoms. The van der Waals surface area contributed by atoms with Gasteiger partial charge in [0.1, 0.15) is 11.4 Å². The monoisotopic (exact) mass is 331 g/mol. The molecular formula is C18H22FN3O2. The molecule has 24 heavy (non-hydrogen) atoms. The molecule has 2 aromatic rings. The third kappa shape index (κ3) is 5.22. The van der Waals surface area contributed by atoms with Gasteiger partial charge in [-0.1, -0.05) is 0 Å². The number of ether oxygens (including phenoxy) is 1. The Bertz CT molecular complexity index is 726. The van der Waals surface area contributed by atoms with Gasteiger partial charge in [-0.2, -0.15) is 0 Å².